The fourth-order valence-corrected chi connectivity index (χ4v) is 5.61. The number of rotatable bonds is 5. The maximum atomic E-state index is 13.0. The third-order valence-corrected chi connectivity index (χ3v) is 7.28. The molecule has 142 valence electrons. The molecule has 3 saturated heterocycles. The fourth-order valence-electron chi connectivity index (χ4n) is 4.08. The number of hydrogen-bond donors (Lipinski definition) is 1. The monoisotopic (exact) mass is 384 g/mol. The van der Waals surface area contributed by atoms with Gasteiger partial charge in [0, 0.05) is 37.2 Å². The Kier molecular flexibility index (Phi) is 4.80. The number of piperidine rings is 1. The van der Waals surface area contributed by atoms with Crippen molar-refractivity contribution in [2.75, 3.05) is 20.2 Å². The van der Waals surface area contributed by atoms with Crippen LogP contribution in [-0.4, -0.2) is 45.0 Å². The van der Waals surface area contributed by atoms with Crippen LogP contribution in [0.4, 0.5) is 0 Å². The second-order valence-corrected chi connectivity index (χ2v) is 9.01. The van der Waals surface area contributed by atoms with Crippen LogP contribution in [0.15, 0.2) is 59.5 Å². The average molecular weight is 385 g/mol. The molecular weight excluding hydrogens is 360 g/mol. The number of hydrogen-bond acceptors (Lipinski definition) is 4. The minimum Gasteiger partial charge on any atom is -0.497 e. The molecule has 0 aliphatic carbocycles. The Balaban J connectivity index is 1.51. The number of fused-ring (bicyclic) bond motifs is 2. The number of sulfonamides is 1. The van der Waals surface area contributed by atoms with Crippen LogP contribution >= 0.6 is 0 Å². The molecular formula is C21H24N2O3S. The molecule has 0 saturated carbocycles. The summed E-state index contributed by atoms with van der Waals surface area (Å²) in [6.45, 7) is 2.97. The van der Waals surface area contributed by atoms with Gasteiger partial charge in [-0.05, 0) is 30.2 Å². The first-order valence-corrected chi connectivity index (χ1v) is 10.6. The van der Waals surface area contributed by atoms with Gasteiger partial charge in [-0.2, -0.15) is 4.31 Å². The Morgan fingerprint density at radius 1 is 1.11 bits per heavy atom. The van der Waals surface area contributed by atoms with Crippen molar-refractivity contribution in [2.24, 2.45) is 0 Å². The first-order valence-electron chi connectivity index (χ1n) is 9.16. The van der Waals surface area contributed by atoms with E-state index < -0.39 is 10.0 Å². The molecule has 3 fully saturated rings. The normalized spacial score (nSPS) is 25.3. The molecule has 3 aliphatic heterocycles. The van der Waals surface area contributed by atoms with Gasteiger partial charge in [0.1, 0.15) is 5.75 Å². The van der Waals surface area contributed by atoms with Gasteiger partial charge in [-0.1, -0.05) is 42.5 Å². The van der Waals surface area contributed by atoms with Crippen molar-refractivity contribution in [1.82, 2.24) is 9.62 Å². The maximum absolute atomic E-state index is 13.0. The summed E-state index contributed by atoms with van der Waals surface area (Å²) in [6, 6.07) is 15.5. The van der Waals surface area contributed by atoms with E-state index in [0.29, 0.717) is 24.8 Å². The lowest BCUT2D eigenvalue weighted by Crippen LogP contribution is -2.72. The Labute approximate surface area is 160 Å². The number of methoxy groups -OCH3 is 1. The highest BCUT2D eigenvalue weighted by atomic mass is 32.2. The Hall–Kier alpha value is -2.15. The van der Waals surface area contributed by atoms with Crippen molar-refractivity contribution in [3.8, 4) is 5.75 Å². The van der Waals surface area contributed by atoms with E-state index >= 15 is 0 Å². The highest BCUT2D eigenvalue weighted by Crippen LogP contribution is 2.38. The summed E-state index contributed by atoms with van der Waals surface area (Å²) in [7, 11) is -1.97. The molecule has 27 heavy (non-hydrogen) atoms. The molecule has 6 heteroatoms. The first-order chi connectivity index (χ1) is 13.0. The van der Waals surface area contributed by atoms with Gasteiger partial charge in [0.2, 0.25) is 10.0 Å². The molecule has 0 amide bonds. The fraction of sp³-hybridized carbons (Fsp3) is 0.333. The zero-order valence-electron chi connectivity index (χ0n) is 15.5. The summed E-state index contributed by atoms with van der Waals surface area (Å²) in [5, 5.41) is 3.50. The molecule has 3 atom stereocenters. The van der Waals surface area contributed by atoms with E-state index in [1.807, 2.05) is 13.0 Å². The van der Waals surface area contributed by atoms with Crippen LogP contribution in [0.2, 0.25) is 0 Å². The SMILES string of the molecule is CC=Cc1ccc(C2[C@@H]3CN(S(=O)(=O)c4cccc(OC)c4)C[C@H]2N3)cc1. The average Bonchev–Trinajstić information content (AvgIpc) is 2.69. The number of benzene rings is 2. The van der Waals surface area contributed by atoms with E-state index in [1.54, 1.807) is 28.6 Å². The van der Waals surface area contributed by atoms with E-state index in [1.165, 1.54) is 18.2 Å². The van der Waals surface area contributed by atoms with Crippen LogP contribution in [0.3, 0.4) is 0 Å². The molecule has 0 radical (unpaired) electrons. The molecule has 5 nitrogen and oxygen atoms in total. The Morgan fingerprint density at radius 3 is 2.44 bits per heavy atom. The predicted molar refractivity (Wildman–Crippen MR) is 106 cm³/mol. The minimum atomic E-state index is -3.51. The number of ether oxygens (including phenoxy) is 1. The first kappa shape index (κ1) is 18.2. The standard InChI is InChI=1S/C21H24N2O3S/c1-3-5-15-8-10-16(11-9-15)21-19-13-23(14-20(21)22-19)27(24,25)18-7-4-6-17(12-18)26-2/h3-12,19-22H,13-14H2,1-2H3/t19-,20+,21?. The molecule has 5 rings (SSSR count). The van der Waals surface area contributed by atoms with Crippen molar-refractivity contribution in [2.45, 2.75) is 29.8 Å². The van der Waals surface area contributed by atoms with Gasteiger partial charge < -0.3 is 10.1 Å². The van der Waals surface area contributed by atoms with E-state index in [4.69, 9.17) is 4.74 Å². The summed E-state index contributed by atoms with van der Waals surface area (Å²) in [5.74, 6) is 0.914. The smallest absolute Gasteiger partial charge is 0.243 e. The van der Waals surface area contributed by atoms with Gasteiger partial charge in [-0.25, -0.2) is 8.42 Å². The summed E-state index contributed by atoms with van der Waals surface area (Å²) in [6.07, 6.45) is 4.10. The minimum absolute atomic E-state index is 0.150. The van der Waals surface area contributed by atoms with Crippen LogP contribution in [0.25, 0.3) is 6.08 Å². The number of nitrogens with one attached hydrogen (secondary N) is 1. The van der Waals surface area contributed by atoms with Gasteiger partial charge >= 0.3 is 0 Å². The summed E-state index contributed by atoms with van der Waals surface area (Å²) < 4.78 is 32.8. The summed E-state index contributed by atoms with van der Waals surface area (Å²) >= 11 is 0. The van der Waals surface area contributed by atoms with E-state index in [9.17, 15) is 8.42 Å². The lowest BCUT2D eigenvalue weighted by atomic mass is 9.75. The Bertz CT molecular complexity index is 942. The van der Waals surface area contributed by atoms with E-state index in [0.717, 1.165) is 0 Å². The van der Waals surface area contributed by atoms with Gasteiger partial charge in [0.15, 0.2) is 0 Å². The third-order valence-electron chi connectivity index (χ3n) is 5.46. The van der Waals surface area contributed by atoms with Crippen molar-refractivity contribution in [3.05, 3.63) is 65.7 Å². The largest absolute Gasteiger partial charge is 0.497 e. The Morgan fingerprint density at radius 2 is 1.81 bits per heavy atom. The van der Waals surface area contributed by atoms with Gasteiger partial charge in [0.25, 0.3) is 0 Å². The number of allylic oxidation sites excluding steroid dienone is 1. The second kappa shape index (κ2) is 7.11. The highest BCUT2D eigenvalue weighted by molar-refractivity contribution is 7.89. The van der Waals surface area contributed by atoms with Crippen molar-refractivity contribution in [1.29, 1.82) is 0 Å². The third kappa shape index (κ3) is 3.29. The van der Waals surface area contributed by atoms with Crippen molar-refractivity contribution >= 4 is 16.1 Å². The predicted octanol–water partition coefficient (Wildman–Crippen LogP) is 2.86. The maximum Gasteiger partial charge on any atom is 0.243 e. The van der Waals surface area contributed by atoms with E-state index in [-0.39, 0.29) is 17.0 Å². The van der Waals surface area contributed by atoms with Crippen LogP contribution in [-0.2, 0) is 10.0 Å². The van der Waals surface area contributed by atoms with Gasteiger partial charge in [0.05, 0.1) is 12.0 Å². The van der Waals surface area contributed by atoms with Crippen molar-refractivity contribution < 1.29 is 13.2 Å². The second-order valence-electron chi connectivity index (χ2n) is 7.07. The lowest BCUT2D eigenvalue weighted by molar-refractivity contribution is 0.102. The molecule has 3 aliphatic rings. The van der Waals surface area contributed by atoms with Crippen LogP contribution in [0.5, 0.6) is 5.75 Å². The van der Waals surface area contributed by atoms with Crippen molar-refractivity contribution in [3.63, 3.8) is 0 Å². The quantitative estimate of drug-likeness (QED) is 0.861. The van der Waals surface area contributed by atoms with Crippen LogP contribution in [0, 0.1) is 0 Å². The molecule has 2 aromatic carbocycles. The molecule has 2 bridgehead atoms. The van der Waals surface area contributed by atoms with Gasteiger partial charge in [-0.3, -0.25) is 0 Å². The topological polar surface area (TPSA) is 58.6 Å². The zero-order chi connectivity index (χ0) is 19.0. The summed E-state index contributed by atoms with van der Waals surface area (Å²) in [5.41, 5.74) is 2.45. The van der Waals surface area contributed by atoms with E-state index in [2.05, 4.69) is 35.7 Å². The van der Waals surface area contributed by atoms with Crippen LogP contribution in [0.1, 0.15) is 24.0 Å². The van der Waals surface area contributed by atoms with Gasteiger partial charge in [-0.15, -0.1) is 0 Å². The molecule has 0 spiro atoms. The molecule has 2 aromatic rings. The molecule has 1 N–H and O–H groups in total. The van der Waals surface area contributed by atoms with Crippen LogP contribution < -0.4 is 10.1 Å². The lowest BCUT2D eigenvalue weighted by Gasteiger charge is -2.54. The number of piperazine rings is 1. The molecule has 3 heterocycles. The highest BCUT2D eigenvalue weighted by Gasteiger charge is 2.49. The number of nitrogens with zero attached hydrogens (tertiary/aromatic N) is 1. The molecule has 1 unspecified atom stereocenters. The zero-order valence-corrected chi connectivity index (χ0v) is 16.3. The molecule has 0 aromatic heterocycles. The summed E-state index contributed by atoms with van der Waals surface area (Å²) in [4.78, 5) is 0.287.